The zero-order valence-electron chi connectivity index (χ0n) is 15.8. The van der Waals surface area contributed by atoms with Crippen molar-refractivity contribution in [2.75, 3.05) is 11.9 Å². The summed E-state index contributed by atoms with van der Waals surface area (Å²) in [4.78, 5) is 0. The fraction of sp³-hybridized carbons (Fsp3) is 0.650. The van der Waals surface area contributed by atoms with Gasteiger partial charge in [-0.2, -0.15) is 0 Å². The van der Waals surface area contributed by atoms with Gasteiger partial charge in [0.2, 0.25) is 0 Å². The van der Waals surface area contributed by atoms with Gasteiger partial charge in [0.15, 0.2) is 5.11 Å². The number of hydrogen-bond acceptors (Lipinski definition) is 1. The van der Waals surface area contributed by atoms with Gasteiger partial charge in [-0.1, -0.05) is 71.6 Å². The first-order valence-corrected chi connectivity index (χ1v) is 9.46. The summed E-state index contributed by atoms with van der Waals surface area (Å²) < 4.78 is 0. The summed E-state index contributed by atoms with van der Waals surface area (Å²) in [7, 11) is 0. The van der Waals surface area contributed by atoms with E-state index in [4.69, 9.17) is 12.2 Å². The highest BCUT2D eigenvalue weighted by Gasteiger charge is 2.15. The van der Waals surface area contributed by atoms with Crippen LogP contribution in [-0.2, 0) is 0 Å². The molecule has 0 aliphatic heterocycles. The van der Waals surface area contributed by atoms with Gasteiger partial charge in [0.1, 0.15) is 0 Å². The Bertz CT molecular complexity index is 477. The van der Waals surface area contributed by atoms with Crippen LogP contribution < -0.4 is 10.6 Å². The van der Waals surface area contributed by atoms with Crippen molar-refractivity contribution >= 4 is 23.0 Å². The maximum Gasteiger partial charge on any atom is 0.170 e. The van der Waals surface area contributed by atoms with Crippen LogP contribution in [0.3, 0.4) is 0 Å². The Morgan fingerprint density at radius 2 is 1.57 bits per heavy atom. The Kier molecular flexibility index (Phi) is 8.60. The van der Waals surface area contributed by atoms with Crippen molar-refractivity contribution < 1.29 is 0 Å². The minimum Gasteiger partial charge on any atom is -0.362 e. The monoisotopic (exact) mass is 334 g/mol. The zero-order chi connectivity index (χ0) is 17.4. The molecule has 1 aromatic carbocycles. The van der Waals surface area contributed by atoms with Gasteiger partial charge in [-0.3, -0.25) is 0 Å². The predicted molar refractivity (Wildman–Crippen MR) is 108 cm³/mol. The highest BCUT2D eigenvalue weighted by Crippen LogP contribution is 2.33. The van der Waals surface area contributed by atoms with Gasteiger partial charge in [0, 0.05) is 12.2 Å². The largest absolute Gasteiger partial charge is 0.362 e. The van der Waals surface area contributed by atoms with E-state index in [1.807, 2.05) is 0 Å². The number of unbranched alkanes of at least 4 members (excludes halogenated alkanes) is 3. The molecule has 3 heteroatoms. The number of nitrogens with one attached hydrogen (secondary N) is 2. The van der Waals surface area contributed by atoms with Crippen molar-refractivity contribution in [2.24, 2.45) is 0 Å². The van der Waals surface area contributed by atoms with Gasteiger partial charge in [0.05, 0.1) is 0 Å². The number of anilines is 1. The highest BCUT2D eigenvalue weighted by atomic mass is 32.1. The van der Waals surface area contributed by atoms with Gasteiger partial charge < -0.3 is 10.6 Å². The van der Waals surface area contributed by atoms with E-state index < -0.39 is 0 Å². The lowest BCUT2D eigenvalue weighted by atomic mass is 9.90. The fourth-order valence-electron chi connectivity index (χ4n) is 2.81. The molecule has 1 aromatic rings. The van der Waals surface area contributed by atoms with Crippen molar-refractivity contribution in [1.29, 1.82) is 0 Å². The molecule has 0 saturated heterocycles. The Morgan fingerprint density at radius 1 is 1.00 bits per heavy atom. The predicted octanol–water partition coefficient (Wildman–Crippen LogP) is 6.11. The van der Waals surface area contributed by atoms with Gasteiger partial charge in [-0.15, -0.1) is 0 Å². The summed E-state index contributed by atoms with van der Waals surface area (Å²) in [6.07, 6.45) is 5.01. The molecule has 0 fully saturated rings. The van der Waals surface area contributed by atoms with Crippen molar-refractivity contribution in [1.82, 2.24) is 5.32 Å². The summed E-state index contributed by atoms with van der Waals surface area (Å²) in [6, 6.07) is 4.56. The van der Waals surface area contributed by atoms with Crippen molar-refractivity contribution in [3.05, 3.63) is 28.8 Å². The van der Waals surface area contributed by atoms with Crippen LogP contribution in [0.15, 0.2) is 12.1 Å². The first-order valence-electron chi connectivity index (χ1n) is 9.06. The number of aryl methyl sites for hydroxylation is 1. The second kappa shape index (κ2) is 9.92. The van der Waals surface area contributed by atoms with Crippen LogP contribution in [0.5, 0.6) is 0 Å². The number of thiocarbonyl (C=S) groups is 1. The van der Waals surface area contributed by atoms with E-state index in [0.29, 0.717) is 11.8 Å². The first kappa shape index (κ1) is 20.0. The number of rotatable bonds is 8. The van der Waals surface area contributed by atoms with Crippen LogP contribution in [-0.4, -0.2) is 11.7 Å². The highest BCUT2D eigenvalue weighted by molar-refractivity contribution is 7.80. The van der Waals surface area contributed by atoms with Crippen LogP contribution >= 0.6 is 12.2 Å². The molecule has 0 radical (unpaired) electrons. The maximum absolute atomic E-state index is 5.52. The third kappa shape index (κ3) is 6.50. The van der Waals surface area contributed by atoms with E-state index in [1.165, 1.54) is 48.1 Å². The van der Waals surface area contributed by atoms with E-state index in [9.17, 15) is 0 Å². The molecule has 1 rings (SSSR count). The molecule has 2 nitrogen and oxygen atoms in total. The normalized spacial score (nSPS) is 11.1. The molecule has 0 atom stereocenters. The summed E-state index contributed by atoms with van der Waals surface area (Å²) in [5.41, 5.74) is 5.22. The molecule has 2 N–H and O–H groups in total. The van der Waals surface area contributed by atoms with E-state index >= 15 is 0 Å². The number of benzene rings is 1. The van der Waals surface area contributed by atoms with Crippen LogP contribution in [0, 0.1) is 6.92 Å². The second-order valence-electron chi connectivity index (χ2n) is 7.07. The molecule has 0 spiro atoms. The van der Waals surface area contributed by atoms with Gasteiger partial charge in [-0.25, -0.2) is 0 Å². The molecule has 130 valence electrons. The van der Waals surface area contributed by atoms with E-state index in [2.05, 4.69) is 64.3 Å². The molecule has 0 aromatic heterocycles. The minimum absolute atomic E-state index is 0.474. The Morgan fingerprint density at radius 3 is 2.04 bits per heavy atom. The third-order valence-corrected chi connectivity index (χ3v) is 4.39. The maximum atomic E-state index is 5.52. The molecule has 0 heterocycles. The van der Waals surface area contributed by atoms with Crippen LogP contribution in [0.1, 0.15) is 88.8 Å². The van der Waals surface area contributed by atoms with E-state index in [-0.39, 0.29) is 0 Å². The molecule has 0 unspecified atom stereocenters. The fourth-order valence-corrected chi connectivity index (χ4v) is 3.01. The summed E-state index contributed by atoms with van der Waals surface area (Å²) in [6.45, 7) is 14.3. The smallest absolute Gasteiger partial charge is 0.170 e. The standard InChI is InChI=1S/C20H34N2S/c1-7-8-9-10-11-21-20(23)22-19-17(14(2)3)12-16(6)13-18(19)15(4)5/h12-15H,7-11H2,1-6H3,(H2,21,22,23). The molecule has 0 aliphatic carbocycles. The van der Waals surface area contributed by atoms with Gasteiger partial charge in [-0.05, 0) is 48.5 Å². The molecule has 0 bridgehead atoms. The molecular formula is C20H34N2S. The summed E-state index contributed by atoms with van der Waals surface area (Å²) in [5.74, 6) is 0.949. The topological polar surface area (TPSA) is 24.1 Å². The quantitative estimate of drug-likeness (QED) is 0.443. The second-order valence-corrected chi connectivity index (χ2v) is 7.48. The van der Waals surface area contributed by atoms with Crippen molar-refractivity contribution in [2.45, 2.75) is 79.1 Å². The van der Waals surface area contributed by atoms with Gasteiger partial charge >= 0.3 is 0 Å². The minimum atomic E-state index is 0.474. The molecular weight excluding hydrogens is 300 g/mol. The zero-order valence-corrected chi connectivity index (χ0v) is 16.6. The first-order chi connectivity index (χ1) is 10.9. The van der Waals surface area contributed by atoms with Crippen LogP contribution in [0.4, 0.5) is 5.69 Å². The Balaban J connectivity index is 2.83. The Hall–Kier alpha value is -1.09. The number of hydrogen-bond donors (Lipinski definition) is 2. The molecule has 0 aliphatic rings. The lowest BCUT2D eigenvalue weighted by molar-refractivity contribution is 0.655. The van der Waals surface area contributed by atoms with Crippen LogP contribution in [0.25, 0.3) is 0 Å². The lowest BCUT2D eigenvalue weighted by Gasteiger charge is -2.22. The van der Waals surface area contributed by atoms with E-state index in [0.717, 1.165) is 11.7 Å². The van der Waals surface area contributed by atoms with Crippen molar-refractivity contribution in [3.63, 3.8) is 0 Å². The average Bonchev–Trinajstić information content (AvgIpc) is 2.47. The summed E-state index contributed by atoms with van der Waals surface area (Å²) in [5, 5.41) is 7.58. The van der Waals surface area contributed by atoms with Crippen LogP contribution in [0.2, 0.25) is 0 Å². The molecule has 23 heavy (non-hydrogen) atoms. The van der Waals surface area contributed by atoms with Gasteiger partial charge in [0.25, 0.3) is 0 Å². The molecule has 0 saturated carbocycles. The lowest BCUT2D eigenvalue weighted by Crippen LogP contribution is -2.30. The SMILES string of the molecule is CCCCCCNC(=S)Nc1c(C(C)C)cc(C)cc1C(C)C. The van der Waals surface area contributed by atoms with E-state index in [1.54, 1.807) is 0 Å². The molecule has 0 amide bonds. The summed E-state index contributed by atoms with van der Waals surface area (Å²) >= 11 is 5.52. The Labute approximate surface area is 148 Å². The third-order valence-electron chi connectivity index (χ3n) is 4.14. The van der Waals surface area contributed by atoms with Crippen molar-refractivity contribution in [3.8, 4) is 0 Å². The average molecular weight is 335 g/mol.